The topological polar surface area (TPSA) is 78.0 Å². The molecule has 6 heteroatoms. The molecule has 1 aliphatic heterocycles. The van der Waals surface area contributed by atoms with E-state index in [1.54, 1.807) is 0 Å². The monoisotopic (exact) mass is 337 g/mol. The molecule has 0 spiro atoms. The van der Waals surface area contributed by atoms with Crippen LogP contribution in [0.5, 0.6) is 0 Å². The minimum absolute atomic E-state index is 0.323. The van der Waals surface area contributed by atoms with Crippen LogP contribution >= 0.6 is 0 Å². The van der Waals surface area contributed by atoms with Gasteiger partial charge in [-0.2, -0.15) is 4.98 Å². The molecule has 6 nitrogen and oxygen atoms in total. The zero-order chi connectivity index (χ0) is 17.1. The Morgan fingerprint density at radius 3 is 3.04 bits per heavy atom. The largest absolute Gasteiger partial charge is 0.381 e. The van der Waals surface area contributed by atoms with Crippen molar-refractivity contribution >= 4 is 22.7 Å². The number of anilines is 2. The summed E-state index contributed by atoms with van der Waals surface area (Å²) in [5.41, 5.74) is 8.11. The van der Waals surface area contributed by atoms with Crippen molar-refractivity contribution in [1.82, 2.24) is 14.5 Å². The average molecular weight is 337 g/mol. The second kappa shape index (κ2) is 7.11. The molecule has 0 saturated carbocycles. The maximum Gasteiger partial charge on any atom is 0.222 e. The zero-order valence-corrected chi connectivity index (χ0v) is 14.2. The number of benzene rings is 1. The average Bonchev–Trinajstić information content (AvgIpc) is 3.28. The lowest BCUT2D eigenvalue weighted by Crippen LogP contribution is -2.11. The van der Waals surface area contributed by atoms with E-state index in [-0.39, 0.29) is 0 Å². The van der Waals surface area contributed by atoms with Crippen LogP contribution in [0.2, 0.25) is 0 Å². The van der Waals surface area contributed by atoms with Crippen LogP contribution in [0.15, 0.2) is 42.6 Å². The predicted molar refractivity (Wildman–Crippen MR) is 99.7 cm³/mol. The quantitative estimate of drug-likeness (QED) is 0.676. The van der Waals surface area contributed by atoms with E-state index in [9.17, 15) is 0 Å². The summed E-state index contributed by atoms with van der Waals surface area (Å²) < 4.78 is 7.73. The van der Waals surface area contributed by atoms with E-state index in [1.165, 1.54) is 10.9 Å². The maximum atomic E-state index is 5.86. The van der Waals surface area contributed by atoms with Gasteiger partial charge in [-0.25, -0.2) is 4.98 Å². The fourth-order valence-electron chi connectivity index (χ4n) is 3.35. The van der Waals surface area contributed by atoms with Gasteiger partial charge >= 0.3 is 0 Å². The Morgan fingerprint density at radius 2 is 2.16 bits per heavy atom. The molecular formula is C19H23N5O. The second-order valence-corrected chi connectivity index (χ2v) is 6.45. The molecule has 25 heavy (non-hydrogen) atoms. The molecule has 3 N–H and O–H groups in total. The lowest BCUT2D eigenvalue weighted by Gasteiger charge is -2.12. The molecule has 0 amide bonds. The Morgan fingerprint density at radius 1 is 1.24 bits per heavy atom. The van der Waals surface area contributed by atoms with Gasteiger partial charge in [-0.05, 0) is 30.4 Å². The molecule has 1 aromatic carbocycles. The first kappa shape index (κ1) is 15.9. The molecule has 2 aromatic heterocycles. The molecule has 3 heterocycles. The van der Waals surface area contributed by atoms with Gasteiger partial charge in [-0.1, -0.05) is 18.2 Å². The van der Waals surface area contributed by atoms with Crippen LogP contribution in [0.1, 0.15) is 24.5 Å². The molecule has 3 aromatic rings. The Balaban J connectivity index is 1.35. The molecule has 1 atom stereocenters. The summed E-state index contributed by atoms with van der Waals surface area (Å²) in [5, 5.41) is 4.65. The third-order valence-electron chi connectivity index (χ3n) is 4.67. The number of para-hydroxylation sites is 1. The molecule has 0 bridgehead atoms. The smallest absolute Gasteiger partial charge is 0.222 e. The van der Waals surface area contributed by atoms with Crippen LogP contribution in [0.4, 0.5) is 11.8 Å². The first-order chi connectivity index (χ1) is 12.3. The van der Waals surface area contributed by atoms with Gasteiger partial charge in [0, 0.05) is 43.4 Å². The summed E-state index contributed by atoms with van der Waals surface area (Å²) in [5.74, 6) is 1.45. The molecule has 1 aliphatic rings. The van der Waals surface area contributed by atoms with Crippen LogP contribution in [0.25, 0.3) is 10.9 Å². The van der Waals surface area contributed by atoms with Crippen molar-refractivity contribution in [2.24, 2.45) is 0 Å². The van der Waals surface area contributed by atoms with Crippen LogP contribution < -0.4 is 11.1 Å². The van der Waals surface area contributed by atoms with E-state index in [1.807, 2.05) is 6.07 Å². The fraction of sp³-hybridized carbons (Fsp3) is 0.368. The number of nitrogens with zero attached hydrogens (tertiary/aromatic N) is 3. The van der Waals surface area contributed by atoms with E-state index in [0.29, 0.717) is 11.9 Å². The molecule has 1 saturated heterocycles. The molecule has 0 radical (unpaired) electrons. The number of aryl methyl sites for hydroxylation is 1. The Hall–Kier alpha value is -2.60. The molecule has 0 unspecified atom stereocenters. The normalized spacial score (nSPS) is 17.2. The fourth-order valence-corrected chi connectivity index (χ4v) is 3.35. The van der Waals surface area contributed by atoms with E-state index >= 15 is 0 Å². The SMILES string of the molecule is Nc1nc(NCCCn2ccc3ccccc32)cc([C@@H]2CCOC2)n1. The number of hydrogen-bond donors (Lipinski definition) is 2. The van der Waals surface area contributed by atoms with Gasteiger partial charge < -0.3 is 20.4 Å². The van der Waals surface area contributed by atoms with Crippen molar-refractivity contribution < 1.29 is 4.74 Å². The number of nitrogens with two attached hydrogens (primary N) is 1. The molecule has 4 rings (SSSR count). The molecule has 1 fully saturated rings. The molecule has 130 valence electrons. The van der Waals surface area contributed by atoms with Gasteiger partial charge in [-0.15, -0.1) is 0 Å². The number of aromatic nitrogens is 3. The summed E-state index contributed by atoms with van der Waals surface area (Å²) in [4.78, 5) is 8.66. The highest BCUT2D eigenvalue weighted by molar-refractivity contribution is 5.79. The number of hydrogen-bond acceptors (Lipinski definition) is 5. The highest BCUT2D eigenvalue weighted by atomic mass is 16.5. The zero-order valence-electron chi connectivity index (χ0n) is 14.2. The Kier molecular flexibility index (Phi) is 4.52. The highest BCUT2D eigenvalue weighted by Gasteiger charge is 2.20. The minimum atomic E-state index is 0.323. The number of fused-ring (bicyclic) bond motifs is 1. The molecule has 0 aliphatic carbocycles. The van der Waals surface area contributed by atoms with Crippen LogP contribution in [-0.4, -0.2) is 34.3 Å². The third kappa shape index (κ3) is 3.58. The van der Waals surface area contributed by atoms with Crippen LogP contribution in [0, 0.1) is 0 Å². The first-order valence-corrected chi connectivity index (χ1v) is 8.79. The summed E-state index contributed by atoms with van der Waals surface area (Å²) in [6, 6.07) is 12.6. The van der Waals surface area contributed by atoms with Crippen LogP contribution in [-0.2, 0) is 11.3 Å². The van der Waals surface area contributed by atoms with Gasteiger partial charge in [0.05, 0.1) is 12.3 Å². The first-order valence-electron chi connectivity index (χ1n) is 8.79. The lowest BCUT2D eigenvalue weighted by atomic mass is 10.0. The number of nitrogen functional groups attached to an aromatic ring is 1. The predicted octanol–water partition coefficient (Wildman–Crippen LogP) is 3.02. The number of ether oxygens (including phenoxy) is 1. The second-order valence-electron chi connectivity index (χ2n) is 6.45. The lowest BCUT2D eigenvalue weighted by molar-refractivity contribution is 0.193. The summed E-state index contributed by atoms with van der Waals surface area (Å²) in [6.07, 6.45) is 4.15. The van der Waals surface area contributed by atoms with E-state index < -0.39 is 0 Å². The number of rotatable bonds is 6. The molecular weight excluding hydrogens is 314 g/mol. The van der Waals surface area contributed by atoms with Gasteiger partial charge in [0.1, 0.15) is 5.82 Å². The van der Waals surface area contributed by atoms with E-state index in [0.717, 1.165) is 50.7 Å². The Bertz CT molecular complexity index is 854. The van der Waals surface area contributed by atoms with Crippen molar-refractivity contribution in [1.29, 1.82) is 0 Å². The van der Waals surface area contributed by atoms with Gasteiger partial charge in [0.2, 0.25) is 5.95 Å². The van der Waals surface area contributed by atoms with Crippen molar-refractivity contribution in [2.45, 2.75) is 25.3 Å². The highest BCUT2D eigenvalue weighted by Crippen LogP contribution is 2.25. The van der Waals surface area contributed by atoms with E-state index in [4.69, 9.17) is 10.5 Å². The summed E-state index contributed by atoms with van der Waals surface area (Å²) in [7, 11) is 0. The van der Waals surface area contributed by atoms with Crippen molar-refractivity contribution in [3.05, 3.63) is 48.3 Å². The Labute approximate surface area is 147 Å². The third-order valence-corrected chi connectivity index (χ3v) is 4.67. The van der Waals surface area contributed by atoms with Gasteiger partial charge in [0.25, 0.3) is 0 Å². The van der Waals surface area contributed by atoms with E-state index in [2.05, 4.69) is 56.4 Å². The maximum absolute atomic E-state index is 5.86. The van der Waals surface area contributed by atoms with Crippen molar-refractivity contribution in [3.63, 3.8) is 0 Å². The standard InChI is InChI=1S/C19H23N5O/c20-19-22-16(15-7-11-25-13-15)12-18(23-19)21-8-3-9-24-10-6-14-4-1-2-5-17(14)24/h1-2,4-6,10,12,15H,3,7-9,11,13H2,(H3,20,21,22,23)/t15-/m1/s1. The van der Waals surface area contributed by atoms with Crippen molar-refractivity contribution in [2.75, 3.05) is 30.8 Å². The summed E-state index contributed by atoms with van der Waals surface area (Å²) >= 11 is 0. The van der Waals surface area contributed by atoms with Gasteiger partial charge in [-0.3, -0.25) is 0 Å². The minimum Gasteiger partial charge on any atom is -0.381 e. The summed E-state index contributed by atoms with van der Waals surface area (Å²) in [6.45, 7) is 3.31. The van der Waals surface area contributed by atoms with Gasteiger partial charge in [0.15, 0.2) is 0 Å². The van der Waals surface area contributed by atoms with Crippen LogP contribution in [0.3, 0.4) is 0 Å². The van der Waals surface area contributed by atoms with Crippen molar-refractivity contribution in [3.8, 4) is 0 Å². The number of nitrogens with one attached hydrogen (secondary N) is 1.